The van der Waals surface area contributed by atoms with E-state index in [0.717, 1.165) is 5.56 Å². The smallest absolute Gasteiger partial charge is 0.246 e. The van der Waals surface area contributed by atoms with Gasteiger partial charge in [-0.25, -0.2) is 0 Å². The minimum atomic E-state index is -0.738. The maximum atomic E-state index is 11.8. The number of nitrogens with two attached hydrogens (primary N) is 2. The predicted octanol–water partition coefficient (Wildman–Crippen LogP) is 0.566. The molecule has 1 radical (unpaired) electrons. The van der Waals surface area contributed by atoms with Crippen molar-refractivity contribution >= 4 is 11.8 Å². The number of carbonyl (C=O) groups excluding carboxylic acids is 2. The van der Waals surface area contributed by atoms with E-state index >= 15 is 0 Å². The van der Waals surface area contributed by atoms with Gasteiger partial charge < -0.3 is 21.3 Å². The number of primary amides is 2. The zero-order chi connectivity index (χ0) is 17.5. The Morgan fingerprint density at radius 1 is 1.29 bits per heavy atom. The highest BCUT2D eigenvalue weighted by Gasteiger charge is 2.35. The van der Waals surface area contributed by atoms with Crippen LogP contribution in [-0.2, 0) is 20.7 Å². The fraction of sp³-hybridized carbons (Fsp3) is 0.500. The van der Waals surface area contributed by atoms with Gasteiger partial charge in [0.1, 0.15) is 6.10 Å². The molecular formula is C18H25N2O4. The summed E-state index contributed by atoms with van der Waals surface area (Å²) < 4.78 is 5.31. The first-order chi connectivity index (χ1) is 11.5. The Labute approximate surface area is 142 Å². The fourth-order valence-electron chi connectivity index (χ4n) is 3.17. The van der Waals surface area contributed by atoms with Crippen molar-refractivity contribution in [3.63, 3.8) is 0 Å². The van der Waals surface area contributed by atoms with Crippen LogP contribution in [0.4, 0.5) is 0 Å². The molecule has 1 heterocycles. The lowest BCUT2D eigenvalue weighted by Gasteiger charge is -2.32. The van der Waals surface area contributed by atoms with Crippen LogP contribution in [0, 0.1) is 18.3 Å². The van der Waals surface area contributed by atoms with Crippen molar-refractivity contribution in [1.29, 1.82) is 0 Å². The summed E-state index contributed by atoms with van der Waals surface area (Å²) in [6.07, 6.45) is 2.21. The van der Waals surface area contributed by atoms with Crippen LogP contribution in [0.1, 0.15) is 24.8 Å². The van der Waals surface area contributed by atoms with Gasteiger partial charge in [0.2, 0.25) is 11.8 Å². The van der Waals surface area contributed by atoms with Crippen LogP contribution in [0.2, 0.25) is 0 Å². The average Bonchev–Trinajstić information content (AvgIpc) is 2.58. The molecule has 2 unspecified atom stereocenters. The summed E-state index contributed by atoms with van der Waals surface area (Å²) in [4.78, 5) is 23.1. The number of hydrogen-bond acceptors (Lipinski definition) is 4. The Balaban J connectivity index is 1.90. The van der Waals surface area contributed by atoms with Crippen LogP contribution in [0.5, 0.6) is 0 Å². The molecule has 1 aromatic rings. The molecule has 5 N–H and O–H groups in total. The van der Waals surface area contributed by atoms with Gasteiger partial charge in [0.05, 0.1) is 6.10 Å². The van der Waals surface area contributed by atoms with E-state index in [2.05, 4.69) is 0 Å². The van der Waals surface area contributed by atoms with Crippen molar-refractivity contribution in [2.45, 2.75) is 37.9 Å². The quantitative estimate of drug-likeness (QED) is 0.645. The lowest BCUT2D eigenvalue weighted by Crippen LogP contribution is -2.42. The van der Waals surface area contributed by atoms with Crippen LogP contribution >= 0.6 is 0 Å². The molecule has 1 aliphatic heterocycles. The second-order valence-corrected chi connectivity index (χ2v) is 6.28. The maximum Gasteiger partial charge on any atom is 0.246 e. The third-order valence-corrected chi connectivity index (χ3v) is 4.54. The second kappa shape index (κ2) is 8.80. The molecule has 0 aliphatic carbocycles. The molecule has 131 valence electrons. The summed E-state index contributed by atoms with van der Waals surface area (Å²) >= 11 is 0. The largest absolute Gasteiger partial charge is 0.393 e. The fourth-order valence-corrected chi connectivity index (χ4v) is 3.17. The van der Waals surface area contributed by atoms with Crippen molar-refractivity contribution in [3.05, 3.63) is 42.3 Å². The Morgan fingerprint density at radius 2 is 2.00 bits per heavy atom. The van der Waals surface area contributed by atoms with Crippen LogP contribution in [0.25, 0.3) is 0 Å². The molecule has 1 saturated heterocycles. The van der Waals surface area contributed by atoms with Gasteiger partial charge >= 0.3 is 0 Å². The van der Waals surface area contributed by atoms with Gasteiger partial charge in [-0.05, 0) is 43.6 Å². The van der Waals surface area contributed by atoms with E-state index in [9.17, 15) is 14.7 Å². The van der Waals surface area contributed by atoms with Gasteiger partial charge in [-0.15, -0.1) is 0 Å². The first kappa shape index (κ1) is 18.4. The van der Waals surface area contributed by atoms with Gasteiger partial charge in [0.25, 0.3) is 0 Å². The molecule has 1 aliphatic rings. The SMILES string of the molecule is NC(=O)C1CC([C@H](C[C@@H](O)[CH]Cc2ccccc2)C(N)=O)CCO1. The average molecular weight is 333 g/mol. The van der Waals surface area contributed by atoms with Gasteiger partial charge in [-0.3, -0.25) is 9.59 Å². The monoisotopic (exact) mass is 333 g/mol. The third kappa shape index (κ3) is 5.32. The molecule has 24 heavy (non-hydrogen) atoms. The second-order valence-electron chi connectivity index (χ2n) is 6.28. The van der Waals surface area contributed by atoms with Gasteiger partial charge in [0.15, 0.2) is 0 Å². The summed E-state index contributed by atoms with van der Waals surface area (Å²) in [6, 6.07) is 9.76. The standard InChI is InChI=1S/C18H25N2O4/c19-17(22)15(13-8-9-24-16(10-13)18(20)23)11-14(21)7-6-12-4-2-1-3-5-12/h1-5,7,13-16,21H,6,8-11H2,(H2,19,22)(H2,20,23)/t13?,14-,15-,16?/m0/s1. The minimum Gasteiger partial charge on any atom is -0.393 e. The summed E-state index contributed by atoms with van der Waals surface area (Å²) in [5.41, 5.74) is 11.9. The van der Waals surface area contributed by atoms with Crippen molar-refractivity contribution in [2.24, 2.45) is 23.3 Å². The molecule has 0 saturated carbocycles. The number of carbonyl (C=O) groups is 2. The number of aliphatic hydroxyl groups excluding tert-OH is 1. The van der Waals surface area contributed by atoms with Crippen LogP contribution in [0.3, 0.4) is 0 Å². The molecule has 6 heteroatoms. The first-order valence-electron chi connectivity index (χ1n) is 8.23. The van der Waals surface area contributed by atoms with E-state index in [1.54, 1.807) is 6.42 Å². The topological polar surface area (TPSA) is 116 Å². The molecule has 2 amide bonds. The first-order valence-corrected chi connectivity index (χ1v) is 8.23. The van der Waals surface area contributed by atoms with Crippen LogP contribution < -0.4 is 11.5 Å². The number of hydrogen-bond donors (Lipinski definition) is 3. The van der Waals surface area contributed by atoms with E-state index in [1.165, 1.54) is 0 Å². The van der Waals surface area contributed by atoms with E-state index < -0.39 is 29.9 Å². The predicted molar refractivity (Wildman–Crippen MR) is 89.4 cm³/mol. The van der Waals surface area contributed by atoms with E-state index in [-0.39, 0.29) is 12.3 Å². The zero-order valence-electron chi connectivity index (χ0n) is 13.6. The Bertz CT molecular complexity index is 549. The third-order valence-electron chi connectivity index (χ3n) is 4.54. The van der Waals surface area contributed by atoms with Crippen molar-refractivity contribution < 1.29 is 19.4 Å². The van der Waals surface area contributed by atoms with Gasteiger partial charge in [-0.2, -0.15) is 0 Å². The highest BCUT2D eigenvalue weighted by atomic mass is 16.5. The van der Waals surface area contributed by atoms with Gasteiger partial charge in [-0.1, -0.05) is 30.3 Å². The highest BCUT2D eigenvalue weighted by Crippen LogP contribution is 2.30. The molecule has 2 rings (SSSR count). The molecular weight excluding hydrogens is 308 g/mol. The van der Waals surface area contributed by atoms with Crippen LogP contribution in [-0.4, -0.2) is 35.7 Å². The van der Waals surface area contributed by atoms with Gasteiger partial charge in [0, 0.05) is 12.5 Å². The van der Waals surface area contributed by atoms with E-state index in [1.807, 2.05) is 30.3 Å². The molecule has 0 bridgehead atoms. The maximum absolute atomic E-state index is 11.8. The summed E-state index contributed by atoms with van der Waals surface area (Å²) in [6.45, 7) is 0.367. The number of aliphatic hydroxyl groups is 1. The van der Waals surface area contributed by atoms with Crippen LogP contribution in [0.15, 0.2) is 30.3 Å². The molecule has 1 aromatic carbocycles. The van der Waals surface area contributed by atoms with Crippen molar-refractivity contribution in [2.75, 3.05) is 6.61 Å². The molecule has 6 nitrogen and oxygen atoms in total. The normalized spacial score (nSPS) is 23.4. The van der Waals surface area contributed by atoms with E-state index in [4.69, 9.17) is 16.2 Å². The number of amides is 2. The number of benzene rings is 1. The Kier molecular flexibility index (Phi) is 6.75. The van der Waals surface area contributed by atoms with Crippen molar-refractivity contribution in [1.82, 2.24) is 0 Å². The zero-order valence-corrected chi connectivity index (χ0v) is 13.6. The lowest BCUT2D eigenvalue weighted by atomic mass is 9.79. The minimum absolute atomic E-state index is 0.103. The Hall–Kier alpha value is -1.92. The molecule has 0 aromatic heterocycles. The number of ether oxygens (including phenoxy) is 1. The summed E-state index contributed by atoms with van der Waals surface area (Å²) in [7, 11) is 0. The van der Waals surface area contributed by atoms with E-state index in [0.29, 0.717) is 25.9 Å². The van der Waals surface area contributed by atoms with Crippen molar-refractivity contribution in [3.8, 4) is 0 Å². The molecule has 0 spiro atoms. The molecule has 1 fully saturated rings. The summed E-state index contributed by atoms with van der Waals surface area (Å²) in [5.74, 6) is -1.59. The highest BCUT2D eigenvalue weighted by molar-refractivity contribution is 5.80. The lowest BCUT2D eigenvalue weighted by molar-refractivity contribution is -0.138. The Morgan fingerprint density at radius 3 is 2.62 bits per heavy atom. The summed E-state index contributed by atoms with van der Waals surface area (Å²) in [5, 5.41) is 10.2. The number of rotatable bonds is 8. The molecule has 4 atom stereocenters.